The summed E-state index contributed by atoms with van der Waals surface area (Å²) >= 11 is 0. The summed E-state index contributed by atoms with van der Waals surface area (Å²) in [5, 5.41) is 23.9. The van der Waals surface area contributed by atoms with Gasteiger partial charge in [-0.2, -0.15) is 9.97 Å². The average Bonchev–Trinajstić information content (AvgIpc) is 3.68. The predicted octanol–water partition coefficient (Wildman–Crippen LogP) is -4.34. The molecule has 0 aromatic carbocycles. The zero-order chi connectivity index (χ0) is 35.7. The van der Waals surface area contributed by atoms with Crippen molar-refractivity contribution in [1.82, 2.24) is 34.2 Å². The van der Waals surface area contributed by atoms with E-state index in [0.29, 0.717) is 0 Å². The number of phosphoric ester groups is 1. The molecule has 3 aromatic heterocycles. The maximum Gasteiger partial charge on any atom is 0.406 e. The van der Waals surface area contributed by atoms with Crippen LogP contribution in [0.2, 0.25) is 0 Å². The summed E-state index contributed by atoms with van der Waals surface area (Å²) < 4.78 is 65.9. The number of hydrogen-bond acceptors (Lipinski definition) is 20. The van der Waals surface area contributed by atoms with Crippen molar-refractivity contribution in [3.05, 3.63) is 39.4 Å². The third-order valence-electron chi connectivity index (χ3n) is 7.42. The lowest BCUT2D eigenvalue weighted by Gasteiger charge is -2.32. The number of methoxy groups -OCH3 is 2. The smallest absolute Gasteiger partial charge is 0.406 e. The van der Waals surface area contributed by atoms with Crippen molar-refractivity contribution >= 4 is 38.5 Å². The summed E-state index contributed by atoms with van der Waals surface area (Å²) in [4.78, 5) is 61.4. The van der Waals surface area contributed by atoms with Gasteiger partial charge in [0.05, 0.1) is 34.0 Å². The molecule has 1 unspecified atom stereocenters. The maximum absolute atomic E-state index is 14.2. The normalized spacial score (nSPS) is 28.7. The van der Waals surface area contributed by atoms with Crippen LogP contribution in [0.5, 0.6) is 0 Å². The molecule has 8 N–H and O–H groups in total. The number of aromatic nitrogens is 6. The van der Waals surface area contributed by atoms with Gasteiger partial charge in [0.15, 0.2) is 23.6 Å². The number of hydrogen-bond donors (Lipinski definition) is 6. The molecule has 0 saturated carbocycles. The molecule has 3 aromatic rings. The van der Waals surface area contributed by atoms with Gasteiger partial charge in [0.2, 0.25) is 5.95 Å². The molecule has 5 heterocycles. The molecule has 26 heteroatoms. The predicted molar refractivity (Wildman–Crippen MR) is 158 cm³/mol. The van der Waals surface area contributed by atoms with Gasteiger partial charge in [-0.15, -0.1) is 0 Å². The van der Waals surface area contributed by atoms with Crippen molar-refractivity contribution in [1.29, 1.82) is 0 Å². The van der Waals surface area contributed by atoms with Crippen LogP contribution in [0.1, 0.15) is 12.5 Å². The monoisotopic (exact) mass is 737 g/mol. The number of nitrogens with two attached hydrogens (primary N) is 2. The van der Waals surface area contributed by atoms with E-state index in [0.717, 1.165) is 10.9 Å². The largest absolute Gasteiger partial charge is 0.790 e. The lowest BCUT2D eigenvalue weighted by molar-refractivity contribution is -0.343. The van der Waals surface area contributed by atoms with Crippen LogP contribution in [0.25, 0.3) is 11.2 Å². The summed E-state index contributed by atoms with van der Waals surface area (Å²) in [5.74, 6) is -0.354. The second-order valence-electron chi connectivity index (χ2n) is 10.6. The minimum atomic E-state index is -5.56. The van der Waals surface area contributed by atoms with Crippen molar-refractivity contribution < 1.29 is 61.6 Å². The van der Waals surface area contributed by atoms with Gasteiger partial charge in [-0.25, -0.2) is 19.4 Å². The third-order valence-corrected chi connectivity index (χ3v) is 9.51. The van der Waals surface area contributed by atoms with Crippen molar-refractivity contribution in [3.63, 3.8) is 0 Å². The molecule has 5 rings (SSSR count). The Morgan fingerprint density at radius 1 is 1.02 bits per heavy atom. The molecule has 2 aliphatic heterocycles. The number of nitrogens with zero attached hydrogens (tertiary/aromatic N) is 5. The van der Waals surface area contributed by atoms with Crippen molar-refractivity contribution in [3.8, 4) is 0 Å². The quantitative estimate of drug-likeness (QED) is 0.0634. The highest BCUT2D eigenvalue weighted by molar-refractivity contribution is 7.51. The van der Waals surface area contributed by atoms with E-state index in [1.807, 2.05) is 0 Å². The van der Waals surface area contributed by atoms with E-state index in [1.165, 1.54) is 31.0 Å². The Labute approximate surface area is 275 Å². The van der Waals surface area contributed by atoms with Crippen LogP contribution >= 0.6 is 15.6 Å². The first-order valence-electron chi connectivity index (χ1n) is 14.2. The first-order chi connectivity index (χ1) is 23.1. The highest BCUT2D eigenvalue weighted by Gasteiger charge is 2.52. The Kier molecular flexibility index (Phi) is 11.3. The van der Waals surface area contributed by atoms with Crippen LogP contribution < -0.4 is 37.6 Å². The third kappa shape index (κ3) is 8.24. The molecule has 2 fully saturated rings. The summed E-state index contributed by atoms with van der Waals surface area (Å²) in [7, 11) is -7.57. The summed E-state index contributed by atoms with van der Waals surface area (Å²) in [6.07, 6.45) is -9.40. The van der Waals surface area contributed by atoms with Gasteiger partial charge in [-0.3, -0.25) is 28.0 Å². The molecule has 49 heavy (non-hydrogen) atoms. The molecule has 2 aliphatic rings. The Balaban J connectivity index is 1.42. The highest BCUT2D eigenvalue weighted by Crippen LogP contribution is 2.50. The molecule has 24 nitrogen and oxygen atoms in total. The van der Waals surface area contributed by atoms with Crippen molar-refractivity contribution in [2.45, 2.75) is 49.1 Å². The van der Waals surface area contributed by atoms with Crippen LogP contribution in [-0.4, -0.2) is 116 Å². The zero-order valence-electron chi connectivity index (χ0n) is 25.7. The van der Waals surface area contributed by atoms with Crippen LogP contribution in [-0.2, 0) is 41.6 Å². The van der Waals surface area contributed by atoms with E-state index in [2.05, 4.69) is 29.5 Å². The van der Waals surface area contributed by atoms with Gasteiger partial charge in [0, 0.05) is 27.0 Å². The van der Waals surface area contributed by atoms with Gasteiger partial charge in [-0.05, 0) is 6.07 Å². The number of phosphoric acid groups is 1. The van der Waals surface area contributed by atoms with Crippen molar-refractivity contribution in [2.75, 3.05) is 52.1 Å². The fourth-order valence-electron chi connectivity index (χ4n) is 5.18. The first kappa shape index (κ1) is 37.1. The molecular weight excluding hydrogens is 704 g/mol. The number of fused-ring (bicyclic) bond motifs is 1. The van der Waals surface area contributed by atoms with E-state index in [9.17, 15) is 38.7 Å². The first-order valence-corrected chi connectivity index (χ1v) is 17.3. The number of aliphatic hydroxyl groups excluding tert-OH is 2. The molecular formula is C23H33N9O15P2-2. The number of anilines is 2. The molecule has 2 saturated heterocycles. The fourth-order valence-corrected chi connectivity index (χ4v) is 7.02. The van der Waals surface area contributed by atoms with Crippen LogP contribution in [0, 0.1) is 0 Å². The molecule has 272 valence electrons. The number of H-pyrrole nitrogens is 1. The highest BCUT2D eigenvalue weighted by atomic mass is 31.2. The van der Waals surface area contributed by atoms with Gasteiger partial charge < -0.3 is 59.5 Å². The number of nitrogens with one attached hydrogen (secondary N) is 2. The van der Waals surface area contributed by atoms with Gasteiger partial charge in [-0.1, -0.05) is 0 Å². The topological polar surface area (TPSA) is 348 Å². The summed E-state index contributed by atoms with van der Waals surface area (Å²) in [6.45, 7) is -1.78. The molecule has 0 aliphatic carbocycles. The summed E-state index contributed by atoms with van der Waals surface area (Å²) in [6, 6.07) is 1.27. The molecule has 0 radical (unpaired) electrons. The Morgan fingerprint density at radius 3 is 2.41 bits per heavy atom. The lowest BCUT2D eigenvalue weighted by Crippen LogP contribution is -2.40. The average molecular weight is 738 g/mol. The number of nitrogen functional groups attached to an aromatic ring is 2. The van der Waals surface area contributed by atoms with E-state index in [-0.39, 0.29) is 36.1 Å². The van der Waals surface area contributed by atoms with Gasteiger partial charge in [0.1, 0.15) is 42.4 Å². The van der Waals surface area contributed by atoms with Gasteiger partial charge in [0.25, 0.3) is 5.56 Å². The fraction of sp³-hybridized carbons (Fsp3) is 0.609. The number of rotatable bonds is 15. The Hall–Kier alpha value is -3.19. The van der Waals surface area contributed by atoms with Crippen molar-refractivity contribution in [2.24, 2.45) is 0 Å². The van der Waals surface area contributed by atoms with E-state index < -0.39 is 89.1 Å². The maximum atomic E-state index is 14.2. The molecule has 0 bridgehead atoms. The molecule has 0 spiro atoms. The van der Waals surface area contributed by atoms with E-state index in [1.54, 1.807) is 0 Å². The number of aliphatic hydroxyl groups is 2. The number of imidazole rings is 1. The van der Waals surface area contributed by atoms with E-state index in [4.69, 9.17) is 39.5 Å². The molecule has 9 atom stereocenters. The molecule has 0 amide bonds. The second-order valence-corrected chi connectivity index (χ2v) is 13.6. The number of aromatic amines is 1. The minimum absolute atomic E-state index is 0.00461. The van der Waals surface area contributed by atoms with Crippen LogP contribution in [0.15, 0.2) is 28.2 Å². The second kappa shape index (κ2) is 15.0. The lowest BCUT2D eigenvalue weighted by atomic mass is 10.1. The minimum Gasteiger partial charge on any atom is -0.790 e. The van der Waals surface area contributed by atoms with Crippen LogP contribution in [0.4, 0.5) is 11.8 Å². The number of ether oxygens (including phenoxy) is 4. The SMILES string of the molecule is COCCNP(=O)(OC[C@H]1O[C@@H](n2ccc(N)nc2=O)[C@H](O)[C@@H]1O)O[C@H]1[C@@H](OC)[C@H](n2cnc3c(=O)[nH]c(N)nc32)O[C@@H]1COP(=O)([O-])[O-]. The Bertz CT molecular complexity index is 1830. The summed E-state index contributed by atoms with van der Waals surface area (Å²) in [5.41, 5.74) is 9.45. The van der Waals surface area contributed by atoms with E-state index >= 15 is 0 Å². The standard InChI is InChI=1S/C23H35N9O15P2/c1-41-6-4-27-48(37,43-7-10-14(33)15(34)20(45-10)31-5-3-12(24)28-23(31)36)47-16-11(8-44-49(38,39)40)46-21(17(16)42-2)32-9-26-13-18(32)29-22(25)30-19(13)35/h3,5,9-11,14-17,20-21,33-34H,4,6-8H2,1-2H3,(H,27,37)(H2,24,28,36)(H2,38,39,40)(H3,25,29,30,35)/p-2/t10-,11-,14-,15-,16-,17-,20-,21-,48?/m1/s1. The van der Waals surface area contributed by atoms with Gasteiger partial charge >= 0.3 is 13.4 Å². The Morgan fingerprint density at radius 2 is 1.73 bits per heavy atom. The zero-order valence-corrected chi connectivity index (χ0v) is 27.5. The van der Waals surface area contributed by atoms with Crippen LogP contribution in [0.3, 0.4) is 0 Å².